The Kier molecular flexibility index (Phi) is 3.00. The second-order valence-electron chi connectivity index (χ2n) is 3.88. The second-order valence-corrected chi connectivity index (χ2v) is 3.88. The van der Waals surface area contributed by atoms with Gasteiger partial charge in [0.05, 0.1) is 7.11 Å². The zero-order valence-electron chi connectivity index (χ0n) is 10.5. The second kappa shape index (κ2) is 4.96. The summed E-state index contributed by atoms with van der Waals surface area (Å²) in [6.07, 6.45) is 3.20. The lowest BCUT2D eigenvalue weighted by Gasteiger charge is -2.03. The third-order valence-electron chi connectivity index (χ3n) is 2.62. The summed E-state index contributed by atoms with van der Waals surface area (Å²) >= 11 is 0. The Hall–Kier alpha value is -2.96. The van der Waals surface area contributed by atoms with Crippen LogP contribution in [0.4, 0.5) is 0 Å². The largest absolute Gasteiger partial charge is 0.504 e. The molecular weight excluding hydrogens is 260 g/mol. The van der Waals surface area contributed by atoms with Crippen LogP contribution in [0.5, 0.6) is 11.5 Å². The maximum Gasteiger partial charge on any atom is 0.258 e. The van der Waals surface area contributed by atoms with Crippen LogP contribution in [0.25, 0.3) is 23.1 Å². The van der Waals surface area contributed by atoms with E-state index in [2.05, 4.69) is 20.1 Å². The predicted molar refractivity (Wildman–Crippen MR) is 69.0 cm³/mol. The number of hydrogen-bond donors (Lipinski definition) is 1. The molecular formula is C13H10N4O3. The summed E-state index contributed by atoms with van der Waals surface area (Å²) in [4.78, 5) is 12.3. The third-order valence-corrected chi connectivity index (χ3v) is 2.62. The maximum atomic E-state index is 9.55. The number of rotatable bonds is 3. The van der Waals surface area contributed by atoms with Crippen molar-refractivity contribution in [2.45, 2.75) is 0 Å². The number of aromatic hydroxyl groups is 1. The summed E-state index contributed by atoms with van der Waals surface area (Å²) in [7, 11) is 1.47. The maximum absolute atomic E-state index is 9.55. The van der Waals surface area contributed by atoms with E-state index >= 15 is 0 Å². The molecule has 7 nitrogen and oxygen atoms in total. The number of nitrogens with zero attached hydrogens (tertiary/aromatic N) is 4. The standard InChI is InChI=1S/C13H10N4O3/c1-19-10-7-8(3-4-9(10)18)13-16-12(17-20-13)11-14-5-2-6-15-11/h2-7,18H,1H3. The summed E-state index contributed by atoms with van der Waals surface area (Å²) in [6.45, 7) is 0. The first kappa shape index (κ1) is 12.1. The van der Waals surface area contributed by atoms with E-state index in [1.807, 2.05) is 0 Å². The van der Waals surface area contributed by atoms with Crippen LogP contribution in [0.3, 0.4) is 0 Å². The molecule has 20 heavy (non-hydrogen) atoms. The van der Waals surface area contributed by atoms with Gasteiger partial charge in [0, 0.05) is 18.0 Å². The smallest absolute Gasteiger partial charge is 0.258 e. The van der Waals surface area contributed by atoms with Crippen molar-refractivity contribution >= 4 is 0 Å². The normalized spacial score (nSPS) is 10.4. The first-order valence-corrected chi connectivity index (χ1v) is 5.76. The number of ether oxygens (including phenoxy) is 1. The zero-order chi connectivity index (χ0) is 13.9. The van der Waals surface area contributed by atoms with Crippen LogP contribution in [0.15, 0.2) is 41.2 Å². The van der Waals surface area contributed by atoms with Gasteiger partial charge in [-0.2, -0.15) is 4.98 Å². The highest BCUT2D eigenvalue weighted by Crippen LogP contribution is 2.31. The van der Waals surface area contributed by atoms with E-state index in [1.54, 1.807) is 30.6 Å². The molecule has 0 aliphatic carbocycles. The molecule has 2 heterocycles. The average Bonchev–Trinajstić information content (AvgIpc) is 2.98. The molecule has 0 aliphatic rings. The molecule has 0 aliphatic heterocycles. The van der Waals surface area contributed by atoms with Crippen molar-refractivity contribution in [3.05, 3.63) is 36.7 Å². The first-order chi connectivity index (χ1) is 9.78. The molecule has 0 atom stereocenters. The number of phenols is 1. The van der Waals surface area contributed by atoms with Gasteiger partial charge in [0.1, 0.15) is 0 Å². The Bertz CT molecular complexity index is 727. The monoisotopic (exact) mass is 270 g/mol. The summed E-state index contributed by atoms with van der Waals surface area (Å²) in [6, 6.07) is 6.46. The minimum atomic E-state index is 0.0439. The molecule has 100 valence electrons. The van der Waals surface area contributed by atoms with E-state index in [1.165, 1.54) is 13.2 Å². The number of benzene rings is 1. The summed E-state index contributed by atoms with van der Waals surface area (Å²) in [5.41, 5.74) is 0.634. The van der Waals surface area contributed by atoms with Gasteiger partial charge >= 0.3 is 0 Å². The van der Waals surface area contributed by atoms with Gasteiger partial charge in [-0.3, -0.25) is 0 Å². The van der Waals surface area contributed by atoms with Crippen molar-refractivity contribution in [1.82, 2.24) is 20.1 Å². The Morgan fingerprint density at radius 2 is 1.95 bits per heavy atom. The molecule has 1 N–H and O–H groups in total. The highest BCUT2D eigenvalue weighted by molar-refractivity contribution is 5.60. The minimum absolute atomic E-state index is 0.0439. The SMILES string of the molecule is COc1cc(-c2nc(-c3ncccn3)no2)ccc1O. The fourth-order valence-corrected chi connectivity index (χ4v) is 1.66. The summed E-state index contributed by atoms with van der Waals surface area (Å²) in [5, 5.41) is 13.4. The van der Waals surface area contributed by atoms with Gasteiger partial charge < -0.3 is 14.4 Å². The van der Waals surface area contributed by atoms with Crippen molar-refractivity contribution in [2.75, 3.05) is 7.11 Å². The van der Waals surface area contributed by atoms with E-state index < -0.39 is 0 Å². The topological polar surface area (TPSA) is 94.2 Å². The summed E-state index contributed by atoms with van der Waals surface area (Å²) < 4.78 is 10.2. The van der Waals surface area contributed by atoms with Gasteiger partial charge in [-0.15, -0.1) is 0 Å². The van der Waals surface area contributed by atoms with Gasteiger partial charge in [-0.25, -0.2) is 9.97 Å². The predicted octanol–water partition coefficient (Wildman–Crippen LogP) is 1.91. The Morgan fingerprint density at radius 1 is 1.15 bits per heavy atom. The average molecular weight is 270 g/mol. The Labute approximate surface area is 113 Å². The lowest BCUT2D eigenvalue weighted by molar-refractivity contribution is 0.373. The molecule has 3 rings (SSSR count). The van der Waals surface area contributed by atoms with E-state index in [4.69, 9.17) is 9.26 Å². The van der Waals surface area contributed by atoms with Crippen LogP contribution in [-0.4, -0.2) is 32.3 Å². The molecule has 0 bridgehead atoms. The highest BCUT2D eigenvalue weighted by atomic mass is 16.5. The number of phenolic OH excluding ortho intramolecular Hbond substituents is 1. The van der Waals surface area contributed by atoms with E-state index in [9.17, 15) is 5.11 Å². The van der Waals surface area contributed by atoms with Crippen LogP contribution in [0.2, 0.25) is 0 Å². The minimum Gasteiger partial charge on any atom is -0.504 e. The van der Waals surface area contributed by atoms with Crippen molar-refractivity contribution < 1.29 is 14.4 Å². The van der Waals surface area contributed by atoms with Gasteiger partial charge in [0.25, 0.3) is 5.89 Å². The Morgan fingerprint density at radius 3 is 2.70 bits per heavy atom. The lowest BCUT2D eigenvalue weighted by atomic mass is 10.2. The van der Waals surface area contributed by atoms with E-state index in [0.717, 1.165) is 0 Å². The highest BCUT2D eigenvalue weighted by Gasteiger charge is 2.14. The zero-order valence-corrected chi connectivity index (χ0v) is 10.5. The van der Waals surface area contributed by atoms with Crippen molar-refractivity contribution in [1.29, 1.82) is 0 Å². The lowest BCUT2D eigenvalue weighted by Crippen LogP contribution is -1.89. The first-order valence-electron chi connectivity index (χ1n) is 5.76. The van der Waals surface area contributed by atoms with Crippen molar-refractivity contribution in [3.63, 3.8) is 0 Å². The fraction of sp³-hybridized carbons (Fsp3) is 0.0769. The van der Waals surface area contributed by atoms with Crippen LogP contribution < -0.4 is 4.74 Å². The van der Waals surface area contributed by atoms with Crippen LogP contribution >= 0.6 is 0 Å². The molecule has 7 heteroatoms. The van der Waals surface area contributed by atoms with Crippen molar-refractivity contribution in [2.24, 2.45) is 0 Å². The Balaban J connectivity index is 1.98. The quantitative estimate of drug-likeness (QED) is 0.776. The molecule has 0 spiro atoms. The van der Waals surface area contributed by atoms with Gasteiger partial charge in [0.2, 0.25) is 11.6 Å². The molecule has 0 saturated carbocycles. The van der Waals surface area contributed by atoms with Crippen molar-refractivity contribution in [3.8, 4) is 34.6 Å². The molecule has 3 aromatic rings. The molecule has 0 radical (unpaired) electrons. The number of aromatic nitrogens is 4. The fourth-order valence-electron chi connectivity index (χ4n) is 1.66. The molecule has 1 aromatic carbocycles. The van der Waals surface area contributed by atoms with Gasteiger partial charge in [0.15, 0.2) is 11.5 Å². The van der Waals surface area contributed by atoms with E-state index in [-0.39, 0.29) is 5.75 Å². The van der Waals surface area contributed by atoms with Gasteiger partial charge in [-0.1, -0.05) is 5.16 Å². The van der Waals surface area contributed by atoms with Crippen LogP contribution in [0, 0.1) is 0 Å². The van der Waals surface area contributed by atoms with Crippen LogP contribution in [0.1, 0.15) is 0 Å². The molecule has 0 amide bonds. The van der Waals surface area contributed by atoms with E-state index in [0.29, 0.717) is 28.9 Å². The number of hydrogen-bond acceptors (Lipinski definition) is 7. The number of methoxy groups -OCH3 is 1. The molecule has 2 aromatic heterocycles. The molecule has 0 fully saturated rings. The summed E-state index contributed by atoms with van der Waals surface area (Å²) in [5.74, 6) is 1.35. The van der Waals surface area contributed by atoms with Gasteiger partial charge in [-0.05, 0) is 24.3 Å². The molecule has 0 unspecified atom stereocenters. The third kappa shape index (κ3) is 2.16. The van der Waals surface area contributed by atoms with Crippen LogP contribution in [-0.2, 0) is 0 Å². The molecule has 0 saturated heterocycles.